The molecule has 2 aromatic heterocycles. The van der Waals surface area contributed by atoms with Gasteiger partial charge >= 0.3 is 21.1 Å². The molecule has 250 valence electrons. The Hall–Kier alpha value is -3.43. The summed E-state index contributed by atoms with van der Waals surface area (Å²) < 4.78 is 10.4. The van der Waals surface area contributed by atoms with E-state index in [-0.39, 0.29) is 42.7 Å². The second kappa shape index (κ2) is 12.9. The molecule has 2 heterocycles. The molecule has 0 unspecified atom stereocenters. The first-order valence-corrected chi connectivity index (χ1v) is 16.2. The molecule has 6 heteroatoms. The van der Waals surface area contributed by atoms with Gasteiger partial charge in [-0.25, -0.2) is 0 Å². The van der Waals surface area contributed by atoms with E-state index in [2.05, 4.69) is 129 Å². The molecule has 0 saturated carbocycles. The Balaban J connectivity index is 0.00000500. The fraction of sp³-hybridized carbons (Fsp3) is 0.415. The van der Waals surface area contributed by atoms with Crippen molar-refractivity contribution in [1.29, 1.82) is 0 Å². The molecule has 0 bridgehead atoms. The van der Waals surface area contributed by atoms with Gasteiger partial charge in [-0.1, -0.05) is 107 Å². The van der Waals surface area contributed by atoms with Crippen molar-refractivity contribution in [1.82, 2.24) is 19.3 Å². The summed E-state index contributed by atoms with van der Waals surface area (Å²) in [6.07, 6.45) is 3.71. The fourth-order valence-electron chi connectivity index (χ4n) is 5.72. The van der Waals surface area contributed by atoms with Gasteiger partial charge in [-0.2, -0.15) is 11.2 Å². The Labute approximate surface area is 297 Å². The Morgan fingerprint density at radius 3 is 1.77 bits per heavy atom. The Morgan fingerprint density at radius 1 is 0.681 bits per heavy atom. The SMILES string of the molecule is Cn1ccnc1-c1[c-]c(Oc2[c-]c(-n3nc(C(C)(C)C)c(-c4cc(C(C)(C)C)cc(C(C)(C)C)c4)c3C(C)(C)C)ccc2)ccc1.[Pt+2]. The van der Waals surface area contributed by atoms with Crippen LogP contribution in [-0.4, -0.2) is 19.3 Å². The first-order chi connectivity index (χ1) is 21.2. The number of rotatable bonds is 5. The fourth-order valence-corrected chi connectivity index (χ4v) is 5.72. The summed E-state index contributed by atoms with van der Waals surface area (Å²) in [5.74, 6) is 2.04. The van der Waals surface area contributed by atoms with Crippen LogP contribution in [0.15, 0.2) is 67.0 Å². The van der Waals surface area contributed by atoms with Gasteiger partial charge < -0.3 is 9.30 Å². The molecule has 0 N–H and O–H groups in total. The minimum Gasteiger partial charge on any atom is -0.503 e. The number of aromatic nitrogens is 4. The van der Waals surface area contributed by atoms with Crippen LogP contribution in [0, 0.1) is 12.1 Å². The number of ether oxygens (including phenoxy) is 1. The quantitative estimate of drug-likeness (QED) is 0.166. The zero-order chi connectivity index (χ0) is 33.8. The second-order valence-corrected chi connectivity index (χ2v) is 16.6. The molecule has 0 aliphatic rings. The number of hydrogen-bond donors (Lipinski definition) is 0. The maximum absolute atomic E-state index is 6.35. The summed E-state index contributed by atoms with van der Waals surface area (Å²) in [7, 11) is 1.97. The summed E-state index contributed by atoms with van der Waals surface area (Å²) in [6.45, 7) is 27.3. The van der Waals surface area contributed by atoms with Crippen LogP contribution in [0.5, 0.6) is 11.5 Å². The van der Waals surface area contributed by atoms with Crippen molar-refractivity contribution in [2.75, 3.05) is 0 Å². The molecule has 5 rings (SSSR count). The first-order valence-electron chi connectivity index (χ1n) is 16.2. The van der Waals surface area contributed by atoms with E-state index in [1.54, 1.807) is 6.20 Å². The van der Waals surface area contributed by atoms with Crippen molar-refractivity contribution in [3.8, 4) is 39.7 Å². The van der Waals surface area contributed by atoms with Crippen LogP contribution in [0.1, 0.15) is 106 Å². The zero-order valence-electron chi connectivity index (χ0n) is 30.4. The van der Waals surface area contributed by atoms with Crippen LogP contribution in [0.25, 0.3) is 28.2 Å². The van der Waals surface area contributed by atoms with Crippen molar-refractivity contribution in [3.05, 3.63) is 102 Å². The number of hydrogen-bond acceptors (Lipinski definition) is 3. The van der Waals surface area contributed by atoms with Crippen molar-refractivity contribution in [2.45, 2.75) is 105 Å². The van der Waals surface area contributed by atoms with Crippen LogP contribution in [-0.2, 0) is 49.8 Å². The summed E-state index contributed by atoms with van der Waals surface area (Å²) in [4.78, 5) is 4.47. The third-order valence-corrected chi connectivity index (χ3v) is 8.29. The van der Waals surface area contributed by atoms with Gasteiger partial charge in [-0.15, -0.1) is 42.0 Å². The van der Waals surface area contributed by atoms with E-state index in [0.29, 0.717) is 11.5 Å². The average molecular weight is 810 g/mol. The monoisotopic (exact) mass is 809 g/mol. The van der Waals surface area contributed by atoms with E-state index >= 15 is 0 Å². The average Bonchev–Trinajstić information content (AvgIpc) is 3.57. The smallest absolute Gasteiger partial charge is 0.503 e. The van der Waals surface area contributed by atoms with Crippen molar-refractivity contribution in [3.63, 3.8) is 0 Å². The molecule has 0 aliphatic carbocycles. The molecule has 0 saturated heterocycles. The maximum Gasteiger partial charge on any atom is 2.00 e. The third-order valence-electron chi connectivity index (χ3n) is 8.29. The predicted molar refractivity (Wildman–Crippen MR) is 190 cm³/mol. The maximum atomic E-state index is 6.35. The largest absolute Gasteiger partial charge is 2.00 e. The van der Waals surface area contributed by atoms with E-state index < -0.39 is 0 Å². The first kappa shape index (κ1) is 36.4. The minimum absolute atomic E-state index is 0. The van der Waals surface area contributed by atoms with Gasteiger partial charge in [-0.3, -0.25) is 9.67 Å². The molecule has 0 radical (unpaired) electrons. The number of imidazole rings is 1. The van der Waals surface area contributed by atoms with E-state index in [9.17, 15) is 0 Å². The minimum atomic E-state index is -0.222. The number of benzene rings is 3. The predicted octanol–water partition coefficient (Wildman–Crippen LogP) is 10.5. The normalized spacial score (nSPS) is 12.6. The molecule has 5 aromatic rings. The standard InChI is InChI=1S/C41H50N4O.Pt/c1-38(2,3)29-22-28(23-30(25-29)39(4,5)6)34-35(40(7,8)9)43-45(36(34)41(10,11)12)31-17-15-19-33(26-31)46-32-18-14-16-27(24-32)37-42-20-21-44(37)13;/h14-23,25H,1-13H3;/q-2;+2. The third kappa shape index (κ3) is 7.83. The van der Waals surface area contributed by atoms with E-state index in [0.717, 1.165) is 28.5 Å². The second-order valence-electron chi connectivity index (χ2n) is 16.6. The molecule has 0 fully saturated rings. The molecule has 0 aliphatic heterocycles. The van der Waals surface area contributed by atoms with Gasteiger partial charge in [-0.05, 0) is 33.2 Å². The van der Waals surface area contributed by atoms with Gasteiger partial charge in [0.05, 0.1) is 17.2 Å². The topological polar surface area (TPSA) is 44.9 Å². The molecular formula is C41H50N4OPt. The molecule has 47 heavy (non-hydrogen) atoms. The van der Waals surface area contributed by atoms with Crippen LogP contribution in [0.4, 0.5) is 0 Å². The Kier molecular flexibility index (Phi) is 9.98. The van der Waals surface area contributed by atoms with Crippen molar-refractivity contribution >= 4 is 0 Å². The molecule has 3 aromatic carbocycles. The molecular weight excluding hydrogens is 760 g/mol. The van der Waals surface area contributed by atoms with Crippen LogP contribution < -0.4 is 4.74 Å². The summed E-state index contributed by atoms with van der Waals surface area (Å²) in [5, 5.41) is 5.39. The van der Waals surface area contributed by atoms with Crippen LogP contribution in [0.3, 0.4) is 0 Å². The van der Waals surface area contributed by atoms with Crippen LogP contribution >= 0.6 is 0 Å². The molecule has 0 amide bonds. The number of nitrogens with zero attached hydrogens (tertiary/aromatic N) is 4. The van der Waals surface area contributed by atoms with E-state index in [1.807, 2.05) is 48.1 Å². The van der Waals surface area contributed by atoms with Gasteiger partial charge in [0.1, 0.15) is 0 Å². The van der Waals surface area contributed by atoms with Crippen LogP contribution in [0.2, 0.25) is 0 Å². The van der Waals surface area contributed by atoms with Gasteiger partial charge in [0.15, 0.2) is 0 Å². The van der Waals surface area contributed by atoms with Gasteiger partial charge in [0, 0.05) is 47.3 Å². The van der Waals surface area contributed by atoms with E-state index in [1.165, 1.54) is 22.3 Å². The molecule has 0 atom stereocenters. The Morgan fingerprint density at radius 2 is 1.26 bits per heavy atom. The summed E-state index contributed by atoms with van der Waals surface area (Å²) >= 11 is 0. The zero-order valence-corrected chi connectivity index (χ0v) is 32.6. The van der Waals surface area contributed by atoms with Crippen molar-refractivity contribution in [2.24, 2.45) is 7.05 Å². The molecule has 5 nitrogen and oxygen atoms in total. The molecule has 0 spiro atoms. The Bertz CT molecular complexity index is 1830. The number of aryl methyl sites for hydroxylation is 1. The van der Waals surface area contributed by atoms with Gasteiger partial charge in [0.25, 0.3) is 0 Å². The van der Waals surface area contributed by atoms with E-state index in [4.69, 9.17) is 9.84 Å². The van der Waals surface area contributed by atoms with Gasteiger partial charge in [0.2, 0.25) is 0 Å². The van der Waals surface area contributed by atoms with Crippen molar-refractivity contribution < 1.29 is 25.8 Å². The summed E-state index contributed by atoms with van der Waals surface area (Å²) in [6, 6.07) is 25.9. The summed E-state index contributed by atoms with van der Waals surface area (Å²) in [5.41, 5.74) is 8.58.